The molecule has 1 heterocycles. The predicted octanol–water partition coefficient (Wildman–Crippen LogP) is 3.77. The molecule has 1 aliphatic carbocycles. The second-order valence-corrected chi connectivity index (χ2v) is 6.12. The van der Waals surface area contributed by atoms with Gasteiger partial charge in [0.2, 0.25) is 0 Å². The lowest BCUT2D eigenvalue weighted by molar-refractivity contribution is -0.187. The Labute approximate surface area is 113 Å². The van der Waals surface area contributed by atoms with E-state index in [4.69, 9.17) is 9.47 Å². The van der Waals surface area contributed by atoms with Gasteiger partial charge in [0.1, 0.15) is 0 Å². The fourth-order valence-electron chi connectivity index (χ4n) is 3.07. The molecule has 0 aromatic carbocycles. The zero-order valence-corrected chi connectivity index (χ0v) is 12.4. The average Bonchev–Trinajstić information content (AvgIpc) is 2.74. The highest BCUT2D eigenvalue weighted by Crippen LogP contribution is 2.41. The first-order valence-electron chi connectivity index (χ1n) is 6.62. The summed E-state index contributed by atoms with van der Waals surface area (Å²) in [6.07, 6.45) is 7.59. The summed E-state index contributed by atoms with van der Waals surface area (Å²) in [6, 6.07) is 0. The van der Waals surface area contributed by atoms with Gasteiger partial charge in [-0.2, -0.15) is 0 Å². The molecule has 16 heavy (non-hydrogen) atoms. The normalized spacial score (nSPS) is 30.8. The Balaban J connectivity index is 1.86. The van der Waals surface area contributed by atoms with Crippen molar-refractivity contribution in [2.45, 2.75) is 51.2 Å². The number of hydrogen-bond donors (Lipinski definition) is 0. The maximum Gasteiger partial charge on any atom is 0.168 e. The third kappa shape index (κ3) is 3.10. The van der Waals surface area contributed by atoms with Gasteiger partial charge in [0, 0.05) is 17.3 Å². The SMILES string of the molecule is CCC(CI)C[C@@H]1CCCC2(C1)OCCO2. The van der Waals surface area contributed by atoms with E-state index in [1.807, 2.05) is 0 Å². The fraction of sp³-hybridized carbons (Fsp3) is 1.00. The standard InChI is InChI=1S/C13H23IO2/c1-2-11(10-14)8-12-4-3-5-13(9-12)15-6-7-16-13/h11-12H,2-10H2,1H3/t11?,12-/m0/s1. The van der Waals surface area contributed by atoms with Crippen molar-refractivity contribution in [1.82, 2.24) is 0 Å². The van der Waals surface area contributed by atoms with E-state index in [9.17, 15) is 0 Å². The van der Waals surface area contributed by atoms with Gasteiger partial charge in [-0.1, -0.05) is 42.4 Å². The van der Waals surface area contributed by atoms with Crippen LogP contribution in [0.25, 0.3) is 0 Å². The maximum absolute atomic E-state index is 5.84. The van der Waals surface area contributed by atoms with Gasteiger partial charge >= 0.3 is 0 Å². The molecule has 1 unspecified atom stereocenters. The van der Waals surface area contributed by atoms with Crippen molar-refractivity contribution in [2.24, 2.45) is 11.8 Å². The van der Waals surface area contributed by atoms with Crippen LogP contribution in [0.2, 0.25) is 0 Å². The van der Waals surface area contributed by atoms with Crippen LogP contribution in [0, 0.1) is 11.8 Å². The molecular weight excluding hydrogens is 315 g/mol. The summed E-state index contributed by atoms with van der Waals surface area (Å²) < 4.78 is 13.0. The summed E-state index contributed by atoms with van der Waals surface area (Å²) in [6.45, 7) is 3.91. The van der Waals surface area contributed by atoms with Gasteiger partial charge in [-0.25, -0.2) is 0 Å². The molecule has 2 aliphatic rings. The van der Waals surface area contributed by atoms with Crippen LogP contribution in [0.15, 0.2) is 0 Å². The van der Waals surface area contributed by atoms with Crippen molar-refractivity contribution in [2.75, 3.05) is 17.6 Å². The number of halogens is 1. The van der Waals surface area contributed by atoms with Crippen LogP contribution in [0.5, 0.6) is 0 Å². The van der Waals surface area contributed by atoms with Crippen molar-refractivity contribution < 1.29 is 9.47 Å². The zero-order valence-electron chi connectivity index (χ0n) is 10.2. The van der Waals surface area contributed by atoms with Crippen LogP contribution >= 0.6 is 22.6 Å². The van der Waals surface area contributed by atoms with Gasteiger partial charge in [0.25, 0.3) is 0 Å². The lowest BCUT2D eigenvalue weighted by Gasteiger charge is -2.37. The van der Waals surface area contributed by atoms with Crippen LogP contribution in [-0.2, 0) is 9.47 Å². The van der Waals surface area contributed by atoms with E-state index in [-0.39, 0.29) is 5.79 Å². The zero-order chi connectivity index (χ0) is 11.4. The summed E-state index contributed by atoms with van der Waals surface area (Å²) in [5.74, 6) is 1.54. The fourth-order valence-corrected chi connectivity index (χ4v) is 4.06. The molecule has 0 aromatic heterocycles. The lowest BCUT2D eigenvalue weighted by Crippen LogP contribution is -2.37. The number of ether oxygens (including phenoxy) is 2. The summed E-state index contributed by atoms with van der Waals surface area (Å²) in [5.41, 5.74) is 0. The quantitative estimate of drug-likeness (QED) is 0.574. The monoisotopic (exact) mass is 338 g/mol. The van der Waals surface area contributed by atoms with Crippen LogP contribution in [0.4, 0.5) is 0 Å². The summed E-state index contributed by atoms with van der Waals surface area (Å²) in [4.78, 5) is 0. The minimum absolute atomic E-state index is 0.174. The molecule has 2 rings (SSSR count). The van der Waals surface area contributed by atoms with Gasteiger partial charge < -0.3 is 9.47 Å². The molecule has 0 amide bonds. The van der Waals surface area contributed by atoms with E-state index in [0.717, 1.165) is 37.9 Å². The van der Waals surface area contributed by atoms with E-state index in [1.165, 1.54) is 30.1 Å². The van der Waals surface area contributed by atoms with Crippen molar-refractivity contribution in [3.05, 3.63) is 0 Å². The molecule has 1 aliphatic heterocycles. The Hall–Kier alpha value is 0.650. The van der Waals surface area contributed by atoms with Crippen molar-refractivity contribution in [1.29, 1.82) is 0 Å². The lowest BCUT2D eigenvalue weighted by atomic mass is 9.79. The van der Waals surface area contributed by atoms with E-state index in [0.29, 0.717) is 0 Å². The molecular formula is C13H23IO2. The number of hydrogen-bond acceptors (Lipinski definition) is 2. The molecule has 0 bridgehead atoms. The van der Waals surface area contributed by atoms with E-state index < -0.39 is 0 Å². The highest BCUT2D eigenvalue weighted by atomic mass is 127. The van der Waals surface area contributed by atoms with Crippen LogP contribution < -0.4 is 0 Å². The van der Waals surface area contributed by atoms with Crippen molar-refractivity contribution in [3.63, 3.8) is 0 Å². The second-order valence-electron chi connectivity index (χ2n) is 5.23. The van der Waals surface area contributed by atoms with Gasteiger partial charge in [-0.15, -0.1) is 0 Å². The molecule has 1 saturated heterocycles. The van der Waals surface area contributed by atoms with Gasteiger partial charge in [0.05, 0.1) is 13.2 Å². The Morgan fingerprint density at radius 1 is 1.38 bits per heavy atom. The average molecular weight is 338 g/mol. The minimum Gasteiger partial charge on any atom is -0.348 e. The minimum atomic E-state index is -0.174. The predicted molar refractivity (Wildman–Crippen MR) is 73.9 cm³/mol. The van der Waals surface area contributed by atoms with Crippen molar-refractivity contribution >= 4 is 22.6 Å². The maximum atomic E-state index is 5.84. The van der Waals surface area contributed by atoms with Gasteiger partial charge in [0.15, 0.2) is 5.79 Å². The molecule has 0 radical (unpaired) electrons. The van der Waals surface area contributed by atoms with Crippen LogP contribution in [0.1, 0.15) is 45.4 Å². The third-order valence-electron chi connectivity index (χ3n) is 4.05. The Bertz CT molecular complexity index is 210. The first-order valence-corrected chi connectivity index (χ1v) is 8.14. The first-order chi connectivity index (χ1) is 7.78. The number of alkyl halides is 1. The molecule has 3 heteroatoms. The molecule has 2 fully saturated rings. The third-order valence-corrected chi connectivity index (χ3v) is 5.29. The molecule has 94 valence electrons. The van der Waals surface area contributed by atoms with Gasteiger partial charge in [-0.3, -0.25) is 0 Å². The van der Waals surface area contributed by atoms with E-state index in [2.05, 4.69) is 29.5 Å². The van der Waals surface area contributed by atoms with E-state index in [1.54, 1.807) is 0 Å². The Morgan fingerprint density at radius 2 is 2.12 bits per heavy atom. The smallest absolute Gasteiger partial charge is 0.168 e. The van der Waals surface area contributed by atoms with Crippen LogP contribution in [-0.4, -0.2) is 23.4 Å². The van der Waals surface area contributed by atoms with Gasteiger partial charge in [-0.05, 0) is 24.7 Å². The molecule has 1 saturated carbocycles. The highest BCUT2D eigenvalue weighted by molar-refractivity contribution is 14.1. The molecule has 1 spiro atoms. The molecule has 2 atom stereocenters. The van der Waals surface area contributed by atoms with Crippen molar-refractivity contribution in [3.8, 4) is 0 Å². The Morgan fingerprint density at radius 3 is 2.75 bits per heavy atom. The molecule has 0 N–H and O–H groups in total. The largest absolute Gasteiger partial charge is 0.348 e. The Kier molecular flexibility index (Phi) is 4.91. The summed E-state index contributed by atoms with van der Waals surface area (Å²) in [7, 11) is 0. The summed E-state index contributed by atoms with van der Waals surface area (Å²) >= 11 is 2.52. The summed E-state index contributed by atoms with van der Waals surface area (Å²) in [5, 5.41) is 0. The highest BCUT2D eigenvalue weighted by Gasteiger charge is 2.41. The number of rotatable bonds is 4. The van der Waals surface area contributed by atoms with E-state index >= 15 is 0 Å². The molecule has 2 nitrogen and oxygen atoms in total. The molecule has 0 aromatic rings. The first kappa shape index (κ1) is 13.1. The topological polar surface area (TPSA) is 18.5 Å². The second kappa shape index (κ2) is 6.01. The van der Waals surface area contributed by atoms with Crippen LogP contribution in [0.3, 0.4) is 0 Å².